The maximum atomic E-state index is 12.1. The van der Waals surface area contributed by atoms with E-state index < -0.39 is 5.97 Å². The number of aliphatic carboxylic acids is 1. The van der Waals surface area contributed by atoms with Crippen LogP contribution < -0.4 is 10.1 Å². The number of nitrogens with one attached hydrogen (secondary N) is 1. The first-order valence-electron chi connectivity index (χ1n) is 7.76. The molecule has 0 saturated carbocycles. The number of furan rings is 1. The summed E-state index contributed by atoms with van der Waals surface area (Å²) in [7, 11) is 0. The summed E-state index contributed by atoms with van der Waals surface area (Å²) in [5.74, 6) is -0.141. The first-order valence-corrected chi connectivity index (χ1v) is 7.76. The zero-order chi connectivity index (χ0) is 17.5. The van der Waals surface area contributed by atoms with Crippen LogP contribution in [0.1, 0.15) is 41.4 Å². The van der Waals surface area contributed by atoms with Gasteiger partial charge in [0.1, 0.15) is 5.75 Å². The molecule has 0 radical (unpaired) electrons. The molecule has 0 saturated heterocycles. The van der Waals surface area contributed by atoms with Gasteiger partial charge in [-0.1, -0.05) is 26.0 Å². The first-order chi connectivity index (χ1) is 11.5. The van der Waals surface area contributed by atoms with Gasteiger partial charge in [0.2, 0.25) is 0 Å². The second-order valence-electron chi connectivity index (χ2n) is 5.69. The maximum Gasteiger partial charge on any atom is 0.341 e. The molecule has 128 valence electrons. The molecule has 6 heteroatoms. The normalized spacial score (nSPS) is 10.6. The van der Waals surface area contributed by atoms with Gasteiger partial charge in [-0.05, 0) is 36.1 Å². The zero-order valence-electron chi connectivity index (χ0n) is 13.7. The summed E-state index contributed by atoms with van der Waals surface area (Å²) in [6, 6.07) is 8.92. The minimum absolute atomic E-state index is 0.217. The Bertz CT molecular complexity index is 688. The van der Waals surface area contributed by atoms with Gasteiger partial charge in [0, 0.05) is 12.1 Å². The van der Waals surface area contributed by atoms with Crippen molar-refractivity contribution in [3.05, 3.63) is 53.5 Å². The van der Waals surface area contributed by atoms with Gasteiger partial charge in [-0.15, -0.1) is 0 Å². The number of ether oxygens (including phenoxy) is 1. The summed E-state index contributed by atoms with van der Waals surface area (Å²) >= 11 is 0. The number of carbonyl (C=O) groups excluding carboxylic acids is 1. The summed E-state index contributed by atoms with van der Waals surface area (Å²) in [6.07, 6.45) is 2.18. The quantitative estimate of drug-likeness (QED) is 0.776. The van der Waals surface area contributed by atoms with Crippen molar-refractivity contribution in [1.29, 1.82) is 0 Å². The van der Waals surface area contributed by atoms with Crippen molar-refractivity contribution in [2.45, 2.75) is 26.2 Å². The van der Waals surface area contributed by atoms with E-state index in [1.165, 1.54) is 6.26 Å². The van der Waals surface area contributed by atoms with Crippen LogP contribution in [0.15, 0.2) is 41.0 Å². The van der Waals surface area contributed by atoms with Crippen LogP contribution >= 0.6 is 0 Å². The maximum absolute atomic E-state index is 12.1. The molecule has 0 aliphatic carbocycles. The van der Waals surface area contributed by atoms with Crippen molar-refractivity contribution in [2.24, 2.45) is 0 Å². The Hall–Kier alpha value is -2.76. The van der Waals surface area contributed by atoms with Gasteiger partial charge >= 0.3 is 5.97 Å². The molecule has 0 spiro atoms. The molecule has 1 heterocycles. The Morgan fingerprint density at radius 1 is 1.21 bits per heavy atom. The third kappa shape index (κ3) is 4.87. The van der Waals surface area contributed by atoms with E-state index in [0.29, 0.717) is 24.5 Å². The molecule has 2 aromatic rings. The second-order valence-corrected chi connectivity index (χ2v) is 5.69. The third-order valence-corrected chi connectivity index (χ3v) is 3.51. The number of amides is 1. The molecule has 1 aromatic carbocycles. The lowest BCUT2D eigenvalue weighted by molar-refractivity contribution is -0.139. The molecule has 2 N–H and O–H groups in total. The van der Waals surface area contributed by atoms with Crippen LogP contribution in [0.5, 0.6) is 5.75 Å². The van der Waals surface area contributed by atoms with E-state index >= 15 is 0 Å². The number of rotatable bonds is 8. The van der Waals surface area contributed by atoms with Crippen LogP contribution in [0, 0.1) is 0 Å². The molecule has 24 heavy (non-hydrogen) atoms. The highest BCUT2D eigenvalue weighted by Gasteiger charge is 2.16. The summed E-state index contributed by atoms with van der Waals surface area (Å²) in [5.41, 5.74) is 1.91. The molecular weight excluding hydrogens is 310 g/mol. The monoisotopic (exact) mass is 331 g/mol. The fraction of sp³-hybridized carbons (Fsp3) is 0.333. The molecule has 0 aliphatic rings. The first kappa shape index (κ1) is 17.6. The zero-order valence-corrected chi connectivity index (χ0v) is 13.7. The number of carboxylic acid groups (broad SMARTS) is 1. The van der Waals surface area contributed by atoms with Crippen LogP contribution in [0.3, 0.4) is 0 Å². The van der Waals surface area contributed by atoms with Crippen molar-refractivity contribution in [3.8, 4) is 5.75 Å². The van der Waals surface area contributed by atoms with Gasteiger partial charge < -0.3 is 19.6 Å². The summed E-state index contributed by atoms with van der Waals surface area (Å²) in [5, 5.41) is 11.4. The van der Waals surface area contributed by atoms with E-state index in [-0.39, 0.29) is 18.4 Å². The number of benzene rings is 1. The van der Waals surface area contributed by atoms with Crippen molar-refractivity contribution in [1.82, 2.24) is 5.32 Å². The Morgan fingerprint density at radius 3 is 2.54 bits per heavy atom. The fourth-order valence-electron chi connectivity index (χ4n) is 2.26. The Balaban J connectivity index is 1.82. The van der Waals surface area contributed by atoms with E-state index in [9.17, 15) is 9.59 Å². The van der Waals surface area contributed by atoms with Crippen LogP contribution in [-0.4, -0.2) is 30.1 Å². The summed E-state index contributed by atoms with van der Waals surface area (Å²) in [6.45, 7) is 4.13. The van der Waals surface area contributed by atoms with E-state index in [0.717, 1.165) is 11.1 Å². The lowest BCUT2D eigenvalue weighted by Crippen LogP contribution is -2.26. The highest BCUT2D eigenvalue weighted by atomic mass is 16.5. The average Bonchev–Trinajstić information content (AvgIpc) is 3.04. The molecule has 0 fully saturated rings. The van der Waals surface area contributed by atoms with Crippen LogP contribution in [-0.2, 0) is 11.2 Å². The molecular formula is C18H21NO5. The molecule has 6 nitrogen and oxygen atoms in total. The Labute approximate surface area is 140 Å². The number of hydrogen-bond acceptors (Lipinski definition) is 4. The minimum atomic E-state index is -1.01. The Morgan fingerprint density at radius 2 is 1.92 bits per heavy atom. The van der Waals surface area contributed by atoms with Crippen molar-refractivity contribution < 1.29 is 23.8 Å². The minimum Gasteiger partial charge on any atom is -0.482 e. The number of carbonyl (C=O) groups is 2. The van der Waals surface area contributed by atoms with Gasteiger partial charge in [-0.3, -0.25) is 4.79 Å². The lowest BCUT2D eigenvalue weighted by atomic mass is 10.0. The van der Waals surface area contributed by atoms with Crippen LogP contribution in [0.25, 0.3) is 0 Å². The molecule has 0 aliphatic heterocycles. The van der Waals surface area contributed by atoms with Crippen LogP contribution in [0.4, 0.5) is 0 Å². The SMILES string of the molecule is CC(C)c1ccoc1C(=O)NCCc1ccc(OCC(=O)O)cc1. The lowest BCUT2D eigenvalue weighted by Gasteiger charge is -2.08. The Kier molecular flexibility index (Phi) is 6.01. The standard InChI is InChI=1S/C18H21NO5/c1-12(2)15-8-10-23-17(15)18(22)19-9-7-13-3-5-14(6-4-13)24-11-16(20)21/h3-6,8,10,12H,7,9,11H2,1-2H3,(H,19,22)(H,20,21). The van der Waals surface area contributed by atoms with Gasteiger partial charge in [0.05, 0.1) is 6.26 Å². The predicted octanol–water partition coefficient (Wildman–Crippen LogP) is 2.84. The topological polar surface area (TPSA) is 88.8 Å². The molecule has 1 amide bonds. The van der Waals surface area contributed by atoms with Gasteiger partial charge in [0.25, 0.3) is 5.91 Å². The van der Waals surface area contributed by atoms with E-state index in [1.54, 1.807) is 12.1 Å². The molecule has 1 aromatic heterocycles. The fourth-order valence-corrected chi connectivity index (χ4v) is 2.26. The van der Waals surface area contributed by atoms with Gasteiger partial charge in [-0.2, -0.15) is 0 Å². The van der Waals surface area contributed by atoms with E-state index in [1.807, 2.05) is 32.0 Å². The molecule has 0 unspecified atom stereocenters. The molecule has 0 atom stereocenters. The summed E-state index contributed by atoms with van der Waals surface area (Å²) < 4.78 is 10.3. The predicted molar refractivity (Wildman–Crippen MR) is 88.4 cm³/mol. The third-order valence-electron chi connectivity index (χ3n) is 3.51. The second kappa shape index (κ2) is 8.19. The van der Waals surface area contributed by atoms with Gasteiger partial charge in [0.15, 0.2) is 12.4 Å². The van der Waals surface area contributed by atoms with Crippen molar-refractivity contribution in [2.75, 3.05) is 13.2 Å². The molecule has 0 bridgehead atoms. The smallest absolute Gasteiger partial charge is 0.341 e. The van der Waals surface area contributed by atoms with E-state index in [4.69, 9.17) is 14.3 Å². The highest BCUT2D eigenvalue weighted by Crippen LogP contribution is 2.20. The van der Waals surface area contributed by atoms with Crippen molar-refractivity contribution >= 4 is 11.9 Å². The largest absolute Gasteiger partial charge is 0.482 e. The number of carboxylic acids is 1. The average molecular weight is 331 g/mol. The highest BCUT2D eigenvalue weighted by molar-refractivity contribution is 5.93. The van der Waals surface area contributed by atoms with Gasteiger partial charge in [-0.25, -0.2) is 4.79 Å². The van der Waals surface area contributed by atoms with Crippen molar-refractivity contribution in [3.63, 3.8) is 0 Å². The number of hydrogen-bond donors (Lipinski definition) is 2. The van der Waals surface area contributed by atoms with Crippen LogP contribution in [0.2, 0.25) is 0 Å². The molecule has 2 rings (SSSR count). The van der Waals surface area contributed by atoms with E-state index in [2.05, 4.69) is 5.32 Å². The summed E-state index contributed by atoms with van der Waals surface area (Å²) in [4.78, 5) is 22.6.